The maximum absolute atomic E-state index is 2.58. The lowest BCUT2D eigenvalue weighted by Gasteiger charge is -2.41. The average Bonchev–Trinajstić information content (AvgIpc) is 2.70. The average molecular weight is 330 g/mol. The molecule has 0 amide bonds. The van der Waals surface area contributed by atoms with E-state index in [0.29, 0.717) is 0 Å². The zero-order chi connectivity index (χ0) is 16.2. The molecule has 24 heavy (non-hydrogen) atoms. The minimum absolute atomic E-state index is 0.940. The van der Waals surface area contributed by atoms with Gasteiger partial charge in [0.15, 0.2) is 0 Å². The van der Waals surface area contributed by atoms with Gasteiger partial charge in [0.1, 0.15) is 0 Å². The van der Waals surface area contributed by atoms with E-state index in [1.165, 1.54) is 89.9 Å². The molecule has 1 aromatic rings. The van der Waals surface area contributed by atoms with Crippen molar-refractivity contribution >= 4 is 5.69 Å². The number of nitrogens with zero attached hydrogens (tertiary/aromatic N) is 1. The lowest BCUT2D eigenvalue weighted by atomic mass is 9.91. The molecular weight excluding hydrogens is 294 g/mol. The Morgan fingerprint density at radius 3 is 1.92 bits per heavy atom. The smallest absolute Gasteiger partial charge is 0.0984 e. The summed E-state index contributed by atoms with van der Waals surface area (Å²) >= 11 is 0. The Bertz CT molecular complexity index is 481. The van der Waals surface area contributed by atoms with Crippen molar-refractivity contribution in [3.8, 4) is 0 Å². The Balaban J connectivity index is 1.24. The van der Waals surface area contributed by atoms with Gasteiger partial charge in [-0.1, -0.05) is 24.6 Å². The number of hydrogen-bond donors (Lipinski definition) is 2. The fourth-order valence-electron chi connectivity index (χ4n) is 5.42. The van der Waals surface area contributed by atoms with E-state index in [-0.39, 0.29) is 0 Å². The van der Waals surface area contributed by atoms with Gasteiger partial charge in [-0.05, 0) is 37.8 Å². The maximum atomic E-state index is 2.58. The summed E-state index contributed by atoms with van der Waals surface area (Å²) in [6.45, 7) is 8.02. The van der Waals surface area contributed by atoms with Gasteiger partial charge in [0.05, 0.1) is 51.4 Å². The molecule has 0 aromatic heterocycles. The number of piperazine rings is 1. The van der Waals surface area contributed by atoms with Crippen LogP contribution in [-0.2, 0) is 0 Å². The largest absolute Gasteiger partial charge is 0.360 e. The van der Waals surface area contributed by atoms with Gasteiger partial charge in [0.25, 0.3) is 0 Å². The molecule has 1 aromatic carbocycles. The minimum Gasteiger partial charge on any atom is -0.360 e. The van der Waals surface area contributed by atoms with Crippen molar-refractivity contribution in [1.82, 2.24) is 0 Å². The van der Waals surface area contributed by atoms with Crippen molar-refractivity contribution in [1.29, 1.82) is 0 Å². The van der Waals surface area contributed by atoms with E-state index in [1.807, 2.05) is 9.80 Å². The molecule has 1 saturated carbocycles. The Morgan fingerprint density at radius 2 is 1.25 bits per heavy atom. The van der Waals surface area contributed by atoms with Crippen LogP contribution in [0.15, 0.2) is 30.3 Å². The van der Waals surface area contributed by atoms with Gasteiger partial charge < -0.3 is 14.7 Å². The van der Waals surface area contributed by atoms with Gasteiger partial charge >= 0.3 is 0 Å². The van der Waals surface area contributed by atoms with E-state index in [1.54, 1.807) is 0 Å². The molecule has 4 rings (SSSR count). The number of benzene rings is 1. The number of rotatable bonds is 3. The zero-order valence-corrected chi connectivity index (χ0v) is 15.2. The summed E-state index contributed by atoms with van der Waals surface area (Å²) in [5.74, 6) is 0. The van der Waals surface area contributed by atoms with Crippen LogP contribution >= 0.6 is 0 Å². The van der Waals surface area contributed by atoms with Gasteiger partial charge in [-0.2, -0.15) is 0 Å². The number of nitrogens with one attached hydrogen (secondary N) is 2. The Kier molecular flexibility index (Phi) is 5.39. The Hall–Kier alpha value is -1.06. The lowest BCUT2D eigenvalue weighted by molar-refractivity contribution is -0.969. The second-order valence-electron chi connectivity index (χ2n) is 8.25. The number of hydrogen-bond acceptors (Lipinski definition) is 1. The van der Waals surface area contributed by atoms with Crippen molar-refractivity contribution in [3.63, 3.8) is 0 Å². The molecule has 3 heteroatoms. The maximum Gasteiger partial charge on any atom is 0.0984 e. The second-order valence-corrected chi connectivity index (χ2v) is 8.25. The minimum atomic E-state index is 0.940. The highest BCUT2D eigenvalue weighted by Crippen LogP contribution is 2.16. The van der Waals surface area contributed by atoms with Crippen LogP contribution in [0.3, 0.4) is 0 Å². The van der Waals surface area contributed by atoms with E-state index in [9.17, 15) is 0 Å². The third-order valence-electron chi connectivity index (χ3n) is 6.91. The van der Waals surface area contributed by atoms with Gasteiger partial charge in [-0.3, -0.25) is 0 Å². The summed E-state index contributed by atoms with van der Waals surface area (Å²) in [5, 5.41) is 0. The van der Waals surface area contributed by atoms with E-state index in [4.69, 9.17) is 0 Å². The number of anilines is 1. The van der Waals surface area contributed by atoms with Crippen LogP contribution in [0, 0.1) is 0 Å². The number of quaternary nitrogens is 2. The standard InChI is InChI=1S/C21H33N3/c1-3-7-19(8-4-1)22-13-11-21(12-14-22)24-17-15-23(16-18-24)20-9-5-2-6-10-20/h2,5-6,9-10,19,21H,1,3-4,7-8,11-18H2/p+2. The first-order chi connectivity index (χ1) is 11.9. The molecule has 132 valence electrons. The quantitative estimate of drug-likeness (QED) is 0.835. The van der Waals surface area contributed by atoms with E-state index in [0.717, 1.165) is 12.1 Å². The summed E-state index contributed by atoms with van der Waals surface area (Å²) in [5.41, 5.74) is 1.41. The van der Waals surface area contributed by atoms with E-state index in [2.05, 4.69) is 35.2 Å². The van der Waals surface area contributed by atoms with Gasteiger partial charge in [0, 0.05) is 18.5 Å². The van der Waals surface area contributed by atoms with Crippen LogP contribution in [0.4, 0.5) is 5.69 Å². The number of likely N-dealkylation sites (tertiary alicyclic amines) is 1. The van der Waals surface area contributed by atoms with Crippen LogP contribution in [-0.4, -0.2) is 51.4 Å². The summed E-state index contributed by atoms with van der Waals surface area (Å²) in [6.07, 6.45) is 10.4. The van der Waals surface area contributed by atoms with Crippen molar-refractivity contribution in [3.05, 3.63) is 30.3 Å². The molecule has 0 radical (unpaired) electrons. The molecule has 3 nitrogen and oxygen atoms in total. The first-order valence-corrected chi connectivity index (χ1v) is 10.4. The zero-order valence-electron chi connectivity index (χ0n) is 15.2. The monoisotopic (exact) mass is 329 g/mol. The first kappa shape index (κ1) is 16.4. The molecule has 0 atom stereocenters. The summed E-state index contributed by atoms with van der Waals surface area (Å²) < 4.78 is 0. The molecule has 0 bridgehead atoms. The molecule has 2 N–H and O–H groups in total. The Morgan fingerprint density at radius 1 is 0.667 bits per heavy atom. The molecule has 0 unspecified atom stereocenters. The number of para-hydroxylation sites is 1. The van der Waals surface area contributed by atoms with Crippen LogP contribution in [0.5, 0.6) is 0 Å². The lowest BCUT2D eigenvalue weighted by Crippen LogP contribution is -3.23. The van der Waals surface area contributed by atoms with Crippen molar-refractivity contribution in [2.45, 2.75) is 57.0 Å². The predicted molar refractivity (Wildman–Crippen MR) is 99.9 cm³/mol. The van der Waals surface area contributed by atoms with Crippen molar-refractivity contribution in [2.24, 2.45) is 0 Å². The third-order valence-corrected chi connectivity index (χ3v) is 6.91. The van der Waals surface area contributed by atoms with Crippen LogP contribution in [0.25, 0.3) is 0 Å². The summed E-state index contributed by atoms with van der Waals surface area (Å²) in [4.78, 5) is 6.42. The molecule has 1 aliphatic carbocycles. The molecule has 0 spiro atoms. The topological polar surface area (TPSA) is 12.1 Å². The Labute approximate surface area is 147 Å². The normalized spacial score (nSPS) is 30.4. The van der Waals surface area contributed by atoms with Crippen molar-refractivity contribution < 1.29 is 9.80 Å². The SMILES string of the molecule is c1ccc(N2CC[NH+](C3CC[NH+](C4CCCCC4)CC3)CC2)cc1. The first-order valence-electron chi connectivity index (χ1n) is 10.4. The van der Waals surface area contributed by atoms with Crippen LogP contribution in [0.2, 0.25) is 0 Å². The summed E-state index contributed by atoms with van der Waals surface area (Å²) in [7, 11) is 0. The van der Waals surface area contributed by atoms with Gasteiger partial charge in [-0.15, -0.1) is 0 Å². The molecular formula is C21H35N3+2. The van der Waals surface area contributed by atoms with Crippen LogP contribution in [0.1, 0.15) is 44.9 Å². The molecule has 3 aliphatic rings. The predicted octanol–water partition coefficient (Wildman–Crippen LogP) is 0.772. The van der Waals surface area contributed by atoms with Crippen LogP contribution < -0.4 is 14.7 Å². The fourth-order valence-corrected chi connectivity index (χ4v) is 5.42. The fraction of sp³-hybridized carbons (Fsp3) is 0.714. The molecule has 3 fully saturated rings. The highest BCUT2D eigenvalue weighted by atomic mass is 15.3. The van der Waals surface area contributed by atoms with Gasteiger partial charge in [0.2, 0.25) is 0 Å². The molecule has 2 heterocycles. The molecule has 2 saturated heterocycles. The van der Waals surface area contributed by atoms with Gasteiger partial charge in [-0.25, -0.2) is 0 Å². The summed E-state index contributed by atoms with van der Waals surface area (Å²) in [6, 6.07) is 12.9. The number of piperidine rings is 1. The third kappa shape index (κ3) is 3.78. The van der Waals surface area contributed by atoms with E-state index < -0.39 is 0 Å². The van der Waals surface area contributed by atoms with E-state index >= 15 is 0 Å². The van der Waals surface area contributed by atoms with Crippen molar-refractivity contribution in [2.75, 3.05) is 44.2 Å². The second kappa shape index (κ2) is 7.88. The highest BCUT2D eigenvalue weighted by Gasteiger charge is 2.35. The highest BCUT2D eigenvalue weighted by molar-refractivity contribution is 5.46. The molecule has 2 aliphatic heterocycles.